The molecule has 4 heteroatoms. The molecule has 0 atom stereocenters. The average molecular weight is 200 g/mol. The molecule has 0 aliphatic heterocycles. The monoisotopic (exact) mass is 199 g/mol. The number of nitrogens with two attached hydrogens (primary N) is 1. The molecule has 13 heavy (non-hydrogen) atoms. The molecule has 3 nitrogen and oxygen atoms in total. The molecule has 0 aromatic heterocycles. The molecule has 0 aliphatic carbocycles. The smallest absolute Gasteiger partial charge is 0.161 e. The van der Waals surface area contributed by atoms with E-state index in [1.165, 1.54) is 0 Å². The van der Waals surface area contributed by atoms with Gasteiger partial charge in [0.2, 0.25) is 0 Å². The van der Waals surface area contributed by atoms with Crippen LogP contribution in [0.4, 0.5) is 5.69 Å². The Balaban J connectivity index is 3.21. The molecule has 1 rings (SSSR count). The fraction of sp³-hybridized carbons (Fsp3) is 0.222. The van der Waals surface area contributed by atoms with Crippen molar-refractivity contribution >= 4 is 23.6 Å². The molecule has 1 aromatic carbocycles. The minimum absolute atomic E-state index is 0.296. The number of aldehydes is 1. The molecule has 2 N–H and O–H groups in total. The number of hydrogen-bond acceptors (Lipinski definition) is 3. The predicted octanol–water partition coefficient (Wildman–Crippen LogP) is 2.13. The van der Waals surface area contributed by atoms with Crippen LogP contribution in [0.15, 0.2) is 12.1 Å². The Morgan fingerprint density at radius 2 is 2.31 bits per heavy atom. The number of carbonyl (C=O) groups is 1. The van der Waals surface area contributed by atoms with Crippen molar-refractivity contribution in [1.29, 1.82) is 0 Å². The van der Waals surface area contributed by atoms with Crippen molar-refractivity contribution in [2.75, 3.05) is 12.3 Å². The molecular weight excluding hydrogens is 190 g/mol. The molecule has 0 amide bonds. The summed E-state index contributed by atoms with van der Waals surface area (Å²) < 4.78 is 5.19. The number of rotatable bonds is 3. The molecule has 0 aliphatic rings. The lowest BCUT2D eigenvalue weighted by Crippen LogP contribution is -2.00. The third-order valence-corrected chi connectivity index (χ3v) is 1.90. The standard InChI is InChI=1S/C9H10ClNO2/c1-2-13-9-7(10)4-3-6(5-12)8(9)11/h3-5H,2,11H2,1H3. The van der Waals surface area contributed by atoms with Crippen LogP contribution in [0.2, 0.25) is 5.02 Å². The highest BCUT2D eigenvalue weighted by atomic mass is 35.5. The zero-order chi connectivity index (χ0) is 9.84. The van der Waals surface area contributed by atoms with Crippen molar-refractivity contribution < 1.29 is 9.53 Å². The fourth-order valence-electron chi connectivity index (χ4n) is 0.982. The summed E-state index contributed by atoms with van der Waals surface area (Å²) in [7, 11) is 0. The van der Waals surface area contributed by atoms with Crippen LogP contribution in [0, 0.1) is 0 Å². The maximum Gasteiger partial charge on any atom is 0.161 e. The zero-order valence-corrected chi connectivity index (χ0v) is 7.97. The van der Waals surface area contributed by atoms with E-state index in [4.69, 9.17) is 22.1 Å². The Morgan fingerprint density at radius 3 is 2.85 bits per heavy atom. The normalized spacial score (nSPS) is 9.69. The van der Waals surface area contributed by atoms with Crippen LogP contribution in [0.25, 0.3) is 0 Å². The van der Waals surface area contributed by atoms with E-state index >= 15 is 0 Å². The molecule has 0 fully saturated rings. The van der Waals surface area contributed by atoms with Gasteiger partial charge in [-0.1, -0.05) is 11.6 Å². The Morgan fingerprint density at radius 1 is 1.62 bits per heavy atom. The number of nitrogen functional groups attached to an aromatic ring is 1. The van der Waals surface area contributed by atoms with Gasteiger partial charge in [0.1, 0.15) is 0 Å². The van der Waals surface area contributed by atoms with Crippen LogP contribution in [-0.4, -0.2) is 12.9 Å². The van der Waals surface area contributed by atoms with Gasteiger partial charge >= 0.3 is 0 Å². The highest BCUT2D eigenvalue weighted by Crippen LogP contribution is 2.32. The van der Waals surface area contributed by atoms with E-state index in [1.54, 1.807) is 12.1 Å². The summed E-state index contributed by atoms with van der Waals surface area (Å²) in [6, 6.07) is 3.15. The lowest BCUT2D eigenvalue weighted by Gasteiger charge is -2.09. The van der Waals surface area contributed by atoms with E-state index in [-0.39, 0.29) is 0 Å². The lowest BCUT2D eigenvalue weighted by atomic mass is 10.2. The van der Waals surface area contributed by atoms with Crippen LogP contribution in [0.1, 0.15) is 17.3 Å². The number of ether oxygens (including phenoxy) is 1. The van der Waals surface area contributed by atoms with E-state index < -0.39 is 0 Å². The highest BCUT2D eigenvalue weighted by molar-refractivity contribution is 6.32. The first-order valence-electron chi connectivity index (χ1n) is 3.86. The van der Waals surface area contributed by atoms with Gasteiger partial charge in [-0.05, 0) is 19.1 Å². The van der Waals surface area contributed by atoms with Gasteiger partial charge in [0, 0.05) is 5.56 Å². The largest absolute Gasteiger partial charge is 0.490 e. The van der Waals surface area contributed by atoms with E-state index in [2.05, 4.69) is 0 Å². The summed E-state index contributed by atoms with van der Waals surface area (Å²) in [5.41, 5.74) is 6.33. The number of anilines is 1. The van der Waals surface area contributed by atoms with Crippen molar-refractivity contribution in [2.24, 2.45) is 0 Å². The average Bonchev–Trinajstić information content (AvgIpc) is 2.12. The van der Waals surface area contributed by atoms with Gasteiger partial charge < -0.3 is 10.5 Å². The van der Waals surface area contributed by atoms with Gasteiger partial charge in [-0.15, -0.1) is 0 Å². The quantitative estimate of drug-likeness (QED) is 0.600. The topological polar surface area (TPSA) is 52.3 Å². The lowest BCUT2D eigenvalue weighted by molar-refractivity contribution is 0.112. The Kier molecular flexibility index (Phi) is 3.14. The zero-order valence-electron chi connectivity index (χ0n) is 7.21. The molecular formula is C9H10ClNO2. The maximum absolute atomic E-state index is 10.5. The van der Waals surface area contributed by atoms with E-state index in [9.17, 15) is 4.79 Å². The van der Waals surface area contributed by atoms with Crippen molar-refractivity contribution in [1.82, 2.24) is 0 Å². The Labute approximate surface area is 81.4 Å². The maximum atomic E-state index is 10.5. The fourth-order valence-corrected chi connectivity index (χ4v) is 1.20. The van der Waals surface area contributed by atoms with Gasteiger partial charge in [0.15, 0.2) is 12.0 Å². The summed E-state index contributed by atoms with van der Waals surface area (Å²) >= 11 is 5.82. The first-order valence-corrected chi connectivity index (χ1v) is 4.24. The molecule has 0 spiro atoms. The van der Waals surface area contributed by atoms with Crippen molar-refractivity contribution in [3.05, 3.63) is 22.7 Å². The second-order valence-electron chi connectivity index (χ2n) is 2.43. The van der Waals surface area contributed by atoms with Crippen LogP contribution < -0.4 is 10.5 Å². The Bertz CT molecular complexity index is 326. The highest BCUT2D eigenvalue weighted by Gasteiger charge is 2.09. The van der Waals surface area contributed by atoms with Gasteiger partial charge in [-0.3, -0.25) is 4.79 Å². The summed E-state index contributed by atoms with van der Waals surface area (Å²) in [5, 5.41) is 0.421. The molecule has 0 saturated heterocycles. The van der Waals surface area contributed by atoms with Crippen molar-refractivity contribution in [2.45, 2.75) is 6.92 Å². The second-order valence-corrected chi connectivity index (χ2v) is 2.84. The number of halogens is 1. The van der Waals surface area contributed by atoms with Crippen LogP contribution >= 0.6 is 11.6 Å². The van der Waals surface area contributed by atoms with Gasteiger partial charge in [0.05, 0.1) is 17.3 Å². The van der Waals surface area contributed by atoms with Crippen molar-refractivity contribution in [3.63, 3.8) is 0 Å². The number of carbonyl (C=O) groups excluding carboxylic acids is 1. The minimum Gasteiger partial charge on any atom is -0.490 e. The number of benzene rings is 1. The first kappa shape index (κ1) is 9.86. The molecule has 70 valence electrons. The molecule has 0 radical (unpaired) electrons. The summed E-state index contributed by atoms with van der Waals surface area (Å²) in [5.74, 6) is 0.383. The van der Waals surface area contributed by atoms with Crippen LogP contribution in [0.5, 0.6) is 5.75 Å². The molecule has 0 unspecified atom stereocenters. The molecule has 1 aromatic rings. The first-order chi connectivity index (χ1) is 6.20. The van der Waals surface area contributed by atoms with Crippen LogP contribution in [0.3, 0.4) is 0 Å². The SMILES string of the molecule is CCOc1c(Cl)ccc(C=O)c1N. The third-order valence-electron chi connectivity index (χ3n) is 1.60. The third kappa shape index (κ3) is 1.92. The molecule has 0 bridgehead atoms. The van der Waals surface area contributed by atoms with Crippen LogP contribution in [-0.2, 0) is 0 Å². The van der Waals surface area contributed by atoms with Gasteiger partial charge in [0.25, 0.3) is 0 Å². The number of hydrogen-bond donors (Lipinski definition) is 1. The van der Waals surface area contributed by atoms with E-state index in [1.807, 2.05) is 6.92 Å². The summed E-state index contributed by atoms with van der Waals surface area (Å²) in [4.78, 5) is 10.5. The van der Waals surface area contributed by atoms with E-state index in [0.717, 1.165) is 0 Å². The molecule has 0 saturated carbocycles. The Hall–Kier alpha value is -1.22. The summed E-state index contributed by atoms with van der Waals surface area (Å²) in [6.07, 6.45) is 0.675. The second kappa shape index (κ2) is 4.14. The molecule has 0 heterocycles. The predicted molar refractivity (Wildman–Crippen MR) is 52.4 cm³/mol. The summed E-state index contributed by atoms with van der Waals surface area (Å²) in [6.45, 7) is 2.29. The van der Waals surface area contributed by atoms with E-state index in [0.29, 0.717) is 34.9 Å². The van der Waals surface area contributed by atoms with Gasteiger partial charge in [-0.2, -0.15) is 0 Å². The van der Waals surface area contributed by atoms with Crippen molar-refractivity contribution in [3.8, 4) is 5.75 Å². The minimum atomic E-state index is 0.296. The van der Waals surface area contributed by atoms with Gasteiger partial charge in [-0.25, -0.2) is 0 Å².